The minimum absolute atomic E-state index is 0.179. The number of phenols is 5. The van der Waals surface area contributed by atoms with Gasteiger partial charge in [-0.15, -0.1) is 0 Å². The van der Waals surface area contributed by atoms with Crippen LogP contribution in [0.2, 0.25) is 5.02 Å². The standard InChI is InChI=1S/C34H21ClO5/c35-18-13-14-20-25(16-18)19-8-2-1-7-17(19)15-26(20)27-21-9-3-5-11-23(21)28(24-12-6-4-10-22(24)27)29-30(36)32(38)34(40)33(39)31(29)37/h1-16,36-40H. The van der Waals surface area contributed by atoms with Crippen molar-refractivity contribution in [2.24, 2.45) is 0 Å². The molecule has 0 aliphatic carbocycles. The smallest absolute Gasteiger partial charge is 0.208 e. The molecule has 6 heteroatoms. The van der Waals surface area contributed by atoms with E-state index in [9.17, 15) is 25.5 Å². The first-order chi connectivity index (χ1) is 19.4. The van der Waals surface area contributed by atoms with Crippen molar-refractivity contribution in [1.82, 2.24) is 0 Å². The number of benzene rings is 7. The van der Waals surface area contributed by atoms with Gasteiger partial charge in [0.25, 0.3) is 0 Å². The van der Waals surface area contributed by atoms with Crippen molar-refractivity contribution >= 4 is 54.7 Å². The van der Waals surface area contributed by atoms with Crippen LogP contribution in [0.15, 0.2) is 97.1 Å². The van der Waals surface area contributed by atoms with Gasteiger partial charge in [-0.2, -0.15) is 0 Å². The number of aromatic hydroxyl groups is 5. The summed E-state index contributed by atoms with van der Waals surface area (Å²) in [5.74, 6) is -4.30. The van der Waals surface area contributed by atoms with Gasteiger partial charge in [-0.3, -0.25) is 0 Å². The van der Waals surface area contributed by atoms with Crippen molar-refractivity contribution in [2.45, 2.75) is 0 Å². The molecule has 7 rings (SSSR count). The van der Waals surface area contributed by atoms with E-state index in [0.717, 1.165) is 43.4 Å². The maximum atomic E-state index is 10.9. The van der Waals surface area contributed by atoms with E-state index in [1.165, 1.54) is 0 Å². The third kappa shape index (κ3) is 3.28. The van der Waals surface area contributed by atoms with Crippen LogP contribution < -0.4 is 0 Å². The molecule has 0 radical (unpaired) electrons. The van der Waals surface area contributed by atoms with Crippen LogP contribution in [-0.4, -0.2) is 25.5 Å². The van der Waals surface area contributed by atoms with Crippen LogP contribution in [0.4, 0.5) is 0 Å². The molecular formula is C34H21ClO5. The number of hydrogen-bond donors (Lipinski definition) is 5. The Morgan fingerprint density at radius 3 is 1.43 bits per heavy atom. The number of rotatable bonds is 2. The second-order valence-electron chi connectivity index (χ2n) is 9.79. The number of halogens is 1. The maximum Gasteiger partial charge on any atom is 0.208 e. The van der Waals surface area contributed by atoms with Crippen molar-refractivity contribution < 1.29 is 25.5 Å². The molecule has 7 aromatic rings. The zero-order valence-corrected chi connectivity index (χ0v) is 21.6. The molecule has 0 fully saturated rings. The van der Waals surface area contributed by atoms with E-state index in [2.05, 4.69) is 18.2 Å². The van der Waals surface area contributed by atoms with Gasteiger partial charge in [-0.05, 0) is 72.4 Å². The predicted octanol–water partition coefficient (Wildman–Crippen LogP) is 8.81. The van der Waals surface area contributed by atoms with Crippen LogP contribution in [-0.2, 0) is 0 Å². The van der Waals surface area contributed by atoms with Gasteiger partial charge in [0.1, 0.15) is 0 Å². The summed E-state index contributed by atoms with van der Waals surface area (Å²) in [5, 5.41) is 60.5. The molecule has 5 N–H and O–H groups in total. The molecule has 0 spiro atoms. The fraction of sp³-hybridized carbons (Fsp3) is 0. The number of phenolic OH excluding ortho intramolecular Hbond substituents is 5. The normalized spacial score (nSPS) is 11.6. The van der Waals surface area contributed by atoms with Crippen LogP contribution in [0.1, 0.15) is 0 Å². The zero-order valence-electron chi connectivity index (χ0n) is 20.9. The highest BCUT2D eigenvalue weighted by Gasteiger charge is 2.28. The zero-order chi connectivity index (χ0) is 27.7. The van der Waals surface area contributed by atoms with Crippen LogP contribution in [0, 0.1) is 0 Å². The third-order valence-corrected chi connectivity index (χ3v) is 7.88. The third-order valence-electron chi connectivity index (χ3n) is 7.64. The maximum absolute atomic E-state index is 10.9. The lowest BCUT2D eigenvalue weighted by molar-refractivity contribution is 0.330. The minimum Gasteiger partial charge on any atom is -0.504 e. The number of fused-ring (bicyclic) bond motifs is 5. The Morgan fingerprint density at radius 2 is 0.850 bits per heavy atom. The summed E-state index contributed by atoms with van der Waals surface area (Å²) in [6, 6.07) is 31.3. The summed E-state index contributed by atoms with van der Waals surface area (Å²) in [4.78, 5) is 0. The summed E-state index contributed by atoms with van der Waals surface area (Å²) in [6.45, 7) is 0. The summed E-state index contributed by atoms with van der Waals surface area (Å²) in [7, 11) is 0. The molecule has 0 atom stereocenters. The van der Waals surface area contributed by atoms with E-state index in [4.69, 9.17) is 11.6 Å². The largest absolute Gasteiger partial charge is 0.504 e. The Hall–Kier alpha value is -5.13. The van der Waals surface area contributed by atoms with Crippen LogP contribution in [0.5, 0.6) is 28.7 Å². The predicted molar refractivity (Wildman–Crippen MR) is 161 cm³/mol. The SMILES string of the molecule is Oc1c(O)c(O)c(-c2c3ccccc3c(-c3cc4ccccc4c4cc(Cl)ccc34)c3ccccc23)c(O)c1O. The van der Waals surface area contributed by atoms with Crippen molar-refractivity contribution in [3.05, 3.63) is 102 Å². The van der Waals surface area contributed by atoms with E-state index in [1.807, 2.05) is 78.9 Å². The highest BCUT2D eigenvalue weighted by atomic mass is 35.5. The van der Waals surface area contributed by atoms with Crippen molar-refractivity contribution in [1.29, 1.82) is 0 Å². The Bertz CT molecular complexity index is 2100. The van der Waals surface area contributed by atoms with Gasteiger partial charge in [-0.25, -0.2) is 0 Å². The van der Waals surface area contributed by atoms with Crippen molar-refractivity contribution in [3.8, 4) is 51.0 Å². The molecule has 0 aliphatic rings. The molecule has 40 heavy (non-hydrogen) atoms. The van der Waals surface area contributed by atoms with Gasteiger partial charge < -0.3 is 25.5 Å². The van der Waals surface area contributed by atoms with E-state index in [-0.39, 0.29) is 5.56 Å². The average Bonchev–Trinajstić information content (AvgIpc) is 2.98. The molecule has 0 aliphatic heterocycles. The second-order valence-corrected chi connectivity index (χ2v) is 10.2. The number of hydrogen-bond acceptors (Lipinski definition) is 5. The summed E-state index contributed by atoms with van der Waals surface area (Å²) in [6.07, 6.45) is 0. The van der Waals surface area contributed by atoms with Crippen LogP contribution >= 0.6 is 11.6 Å². The topological polar surface area (TPSA) is 101 Å². The van der Waals surface area contributed by atoms with E-state index >= 15 is 0 Å². The Morgan fingerprint density at radius 1 is 0.375 bits per heavy atom. The molecule has 0 aromatic heterocycles. The molecule has 0 saturated heterocycles. The van der Waals surface area contributed by atoms with Gasteiger partial charge in [-0.1, -0.05) is 90.5 Å². The molecule has 0 amide bonds. The summed E-state index contributed by atoms with van der Waals surface area (Å²) >= 11 is 6.46. The molecular weight excluding hydrogens is 524 g/mol. The highest BCUT2D eigenvalue weighted by Crippen LogP contribution is 2.58. The first-order valence-electron chi connectivity index (χ1n) is 12.6. The first kappa shape index (κ1) is 23.9. The van der Waals surface area contributed by atoms with Gasteiger partial charge in [0.2, 0.25) is 17.2 Å². The summed E-state index contributed by atoms with van der Waals surface area (Å²) < 4.78 is 0. The fourth-order valence-electron chi connectivity index (χ4n) is 5.89. The van der Waals surface area contributed by atoms with Gasteiger partial charge in [0.05, 0.1) is 5.56 Å². The van der Waals surface area contributed by atoms with Crippen molar-refractivity contribution in [2.75, 3.05) is 0 Å². The Balaban J connectivity index is 1.72. The lowest BCUT2D eigenvalue weighted by atomic mass is 9.83. The second kappa shape index (κ2) is 8.70. The summed E-state index contributed by atoms with van der Waals surface area (Å²) in [5.41, 5.74) is 2.15. The van der Waals surface area contributed by atoms with Gasteiger partial charge >= 0.3 is 0 Å². The Kier molecular flexibility index (Phi) is 5.21. The molecule has 5 nitrogen and oxygen atoms in total. The van der Waals surface area contributed by atoms with Gasteiger partial charge in [0.15, 0.2) is 11.5 Å². The molecule has 0 bridgehead atoms. The minimum atomic E-state index is -0.995. The van der Waals surface area contributed by atoms with Crippen LogP contribution in [0.25, 0.3) is 65.3 Å². The lowest BCUT2D eigenvalue weighted by Gasteiger charge is -2.21. The van der Waals surface area contributed by atoms with E-state index in [1.54, 1.807) is 0 Å². The van der Waals surface area contributed by atoms with Crippen molar-refractivity contribution in [3.63, 3.8) is 0 Å². The van der Waals surface area contributed by atoms with Crippen LogP contribution in [0.3, 0.4) is 0 Å². The van der Waals surface area contributed by atoms with E-state index in [0.29, 0.717) is 21.4 Å². The Labute approximate surface area is 233 Å². The molecule has 194 valence electrons. The highest BCUT2D eigenvalue weighted by molar-refractivity contribution is 6.33. The fourth-order valence-corrected chi connectivity index (χ4v) is 6.06. The van der Waals surface area contributed by atoms with Gasteiger partial charge in [0, 0.05) is 10.6 Å². The van der Waals surface area contributed by atoms with E-state index < -0.39 is 28.7 Å². The first-order valence-corrected chi connectivity index (χ1v) is 13.0. The quantitative estimate of drug-likeness (QED) is 0.0647. The molecule has 0 heterocycles. The monoisotopic (exact) mass is 544 g/mol. The molecule has 0 unspecified atom stereocenters. The average molecular weight is 545 g/mol. The molecule has 7 aromatic carbocycles. The lowest BCUT2D eigenvalue weighted by Crippen LogP contribution is -1.93. The molecule has 0 saturated carbocycles.